The highest BCUT2D eigenvalue weighted by Crippen LogP contribution is 2.33. The average Bonchev–Trinajstić information content (AvgIpc) is 2.21. The SMILES string of the molecule is NC(=S)c1cc(C(F)(F)F)ccc1NC1CCC1. The van der Waals surface area contributed by atoms with Crippen LogP contribution in [0.5, 0.6) is 0 Å². The van der Waals surface area contributed by atoms with Crippen molar-refractivity contribution in [1.29, 1.82) is 0 Å². The van der Waals surface area contributed by atoms with Crippen molar-refractivity contribution in [1.82, 2.24) is 0 Å². The molecule has 0 radical (unpaired) electrons. The minimum atomic E-state index is -4.38. The summed E-state index contributed by atoms with van der Waals surface area (Å²) in [4.78, 5) is -0.0251. The van der Waals surface area contributed by atoms with Gasteiger partial charge < -0.3 is 11.1 Å². The third-order valence-electron chi connectivity index (χ3n) is 3.08. The molecule has 0 amide bonds. The molecule has 0 unspecified atom stereocenters. The number of halogens is 3. The Kier molecular flexibility index (Phi) is 3.47. The van der Waals surface area contributed by atoms with Gasteiger partial charge in [-0.05, 0) is 37.5 Å². The minimum Gasteiger partial charge on any atom is -0.389 e. The molecule has 2 rings (SSSR count). The van der Waals surface area contributed by atoms with E-state index in [2.05, 4.69) is 5.32 Å². The summed E-state index contributed by atoms with van der Waals surface area (Å²) in [6, 6.07) is 3.76. The first-order valence-corrected chi connectivity index (χ1v) is 6.06. The second-order valence-electron chi connectivity index (χ2n) is 4.39. The van der Waals surface area contributed by atoms with Crippen LogP contribution < -0.4 is 11.1 Å². The molecule has 0 heterocycles. The number of hydrogen-bond donors (Lipinski definition) is 2. The molecule has 1 saturated carbocycles. The summed E-state index contributed by atoms with van der Waals surface area (Å²) < 4.78 is 37.8. The van der Waals surface area contributed by atoms with Crippen molar-refractivity contribution in [2.75, 3.05) is 5.32 Å². The van der Waals surface area contributed by atoms with Crippen LogP contribution in [0.25, 0.3) is 0 Å². The number of thiocarbonyl (C=S) groups is 1. The Labute approximate surface area is 108 Å². The van der Waals surface area contributed by atoms with Crippen LogP contribution in [0.2, 0.25) is 0 Å². The number of rotatable bonds is 3. The van der Waals surface area contributed by atoms with Crippen molar-refractivity contribution < 1.29 is 13.2 Å². The van der Waals surface area contributed by atoms with Gasteiger partial charge in [-0.25, -0.2) is 0 Å². The van der Waals surface area contributed by atoms with Crippen molar-refractivity contribution in [3.63, 3.8) is 0 Å². The Morgan fingerprint density at radius 1 is 1.33 bits per heavy atom. The van der Waals surface area contributed by atoms with Gasteiger partial charge in [0.05, 0.1) is 5.56 Å². The first-order chi connectivity index (χ1) is 8.38. The van der Waals surface area contributed by atoms with E-state index in [1.165, 1.54) is 6.07 Å². The third-order valence-corrected chi connectivity index (χ3v) is 3.30. The summed E-state index contributed by atoms with van der Waals surface area (Å²) in [5.41, 5.74) is 5.59. The molecule has 1 aliphatic rings. The molecule has 98 valence electrons. The van der Waals surface area contributed by atoms with Gasteiger partial charge in [0, 0.05) is 17.3 Å². The molecule has 0 saturated heterocycles. The van der Waals surface area contributed by atoms with Crippen LogP contribution >= 0.6 is 12.2 Å². The van der Waals surface area contributed by atoms with Crippen LogP contribution in [0.4, 0.5) is 18.9 Å². The fourth-order valence-electron chi connectivity index (χ4n) is 1.82. The van der Waals surface area contributed by atoms with E-state index >= 15 is 0 Å². The summed E-state index contributed by atoms with van der Waals surface area (Å²) in [5.74, 6) is 0. The highest BCUT2D eigenvalue weighted by atomic mass is 32.1. The van der Waals surface area contributed by atoms with Crippen LogP contribution in [0, 0.1) is 0 Å². The van der Waals surface area contributed by atoms with Crippen LogP contribution in [0.15, 0.2) is 18.2 Å². The largest absolute Gasteiger partial charge is 0.416 e. The second-order valence-corrected chi connectivity index (χ2v) is 4.83. The molecule has 0 spiro atoms. The van der Waals surface area contributed by atoms with Gasteiger partial charge in [-0.1, -0.05) is 12.2 Å². The third kappa shape index (κ3) is 2.75. The molecule has 0 aliphatic heterocycles. The maximum absolute atomic E-state index is 12.6. The minimum absolute atomic E-state index is 0.0251. The first kappa shape index (κ1) is 13.1. The quantitative estimate of drug-likeness (QED) is 0.830. The lowest BCUT2D eigenvalue weighted by atomic mass is 9.92. The van der Waals surface area contributed by atoms with Gasteiger partial charge in [-0.3, -0.25) is 0 Å². The van der Waals surface area contributed by atoms with Crippen LogP contribution in [0.1, 0.15) is 30.4 Å². The van der Waals surface area contributed by atoms with Gasteiger partial charge in [0.1, 0.15) is 4.99 Å². The van der Waals surface area contributed by atoms with Crippen molar-refractivity contribution in [3.8, 4) is 0 Å². The van der Waals surface area contributed by atoms with E-state index in [-0.39, 0.29) is 10.6 Å². The summed E-state index contributed by atoms with van der Waals surface area (Å²) in [6.07, 6.45) is -1.19. The van der Waals surface area contributed by atoms with Crippen molar-refractivity contribution in [2.45, 2.75) is 31.5 Å². The molecule has 0 bridgehead atoms. The van der Waals surface area contributed by atoms with E-state index in [1.54, 1.807) is 0 Å². The zero-order chi connectivity index (χ0) is 13.3. The molecule has 2 nitrogen and oxygen atoms in total. The lowest BCUT2D eigenvalue weighted by molar-refractivity contribution is -0.137. The van der Waals surface area contributed by atoms with Crippen LogP contribution in [0.3, 0.4) is 0 Å². The van der Waals surface area contributed by atoms with Crippen LogP contribution in [-0.2, 0) is 6.18 Å². The maximum Gasteiger partial charge on any atom is 0.416 e. The van der Waals surface area contributed by atoms with E-state index in [1.807, 2.05) is 0 Å². The summed E-state index contributed by atoms with van der Waals surface area (Å²) in [5, 5.41) is 3.17. The lowest BCUT2D eigenvalue weighted by Crippen LogP contribution is -2.28. The molecular formula is C12H13F3N2S. The smallest absolute Gasteiger partial charge is 0.389 e. The summed E-state index contributed by atoms with van der Waals surface area (Å²) in [6.45, 7) is 0. The van der Waals surface area contributed by atoms with Crippen molar-refractivity contribution >= 4 is 22.9 Å². The molecule has 1 aliphatic carbocycles. The fourth-order valence-corrected chi connectivity index (χ4v) is 1.99. The molecule has 18 heavy (non-hydrogen) atoms. The normalized spacial score (nSPS) is 16.2. The standard InChI is InChI=1S/C12H13F3N2S/c13-12(14,15)7-4-5-10(9(6-7)11(16)18)17-8-2-1-3-8/h4-6,8,17H,1-3H2,(H2,16,18). The van der Waals surface area contributed by atoms with E-state index in [0.29, 0.717) is 11.7 Å². The van der Waals surface area contributed by atoms with Crippen LogP contribution in [-0.4, -0.2) is 11.0 Å². The molecular weight excluding hydrogens is 261 g/mol. The highest BCUT2D eigenvalue weighted by molar-refractivity contribution is 7.80. The number of nitrogens with two attached hydrogens (primary N) is 1. The van der Waals surface area contributed by atoms with Gasteiger partial charge in [0.15, 0.2) is 0 Å². The molecule has 1 fully saturated rings. The second kappa shape index (κ2) is 4.76. The Morgan fingerprint density at radius 2 is 2.00 bits per heavy atom. The lowest BCUT2D eigenvalue weighted by Gasteiger charge is -2.28. The number of anilines is 1. The maximum atomic E-state index is 12.6. The summed E-state index contributed by atoms with van der Waals surface area (Å²) >= 11 is 4.81. The topological polar surface area (TPSA) is 38.0 Å². The van der Waals surface area contributed by atoms with Crippen molar-refractivity contribution in [3.05, 3.63) is 29.3 Å². The highest BCUT2D eigenvalue weighted by Gasteiger charge is 2.31. The van der Waals surface area contributed by atoms with Crippen molar-refractivity contribution in [2.24, 2.45) is 5.73 Å². The number of benzene rings is 1. The Bertz CT molecular complexity index is 467. The monoisotopic (exact) mass is 274 g/mol. The van der Waals surface area contributed by atoms with E-state index in [9.17, 15) is 13.2 Å². The van der Waals surface area contributed by atoms with E-state index in [4.69, 9.17) is 18.0 Å². The van der Waals surface area contributed by atoms with E-state index in [0.717, 1.165) is 31.4 Å². The average molecular weight is 274 g/mol. The van der Waals surface area contributed by atoms with Gasteiger partial charge in [-0.2, -0.15) is 13.2 Å². The molecule has 6 heteroatoms. The zero-order valence-corrected chi connectivity index (χ0v) is 10.4. The van der Waals surface area contributed by atoms with Gasteiger partial charge in [0.2, 0.25) is 0 Å². The molecule has 0 atom stereocenters. The number of alkyl halides is 3. The van der Waals surface area contributed by atoms with Gasteiger partial charge in [0.25, 0.3) is 0 Å². The molecule has 0 aromatic heterocycles. The first-order valence-electron chi connectivity index (χ1n) is 5.65. The van der Waals surface area contributed by atoms with Gasteiger partial charge in [-0.15, -0.1) is 0 Å². The molecule has 1 aromatic rings. The number of nitrogens with one attached hydrogen (secondary N) is 1. The Balaban J connectivity index is 2.31. The summed E-state index contributed by atoms with van der Waals surface area (Å²) in [7, 11) is 0. The van der Waals surface area contributed by atoms with E-state index < -0.39 is 11.7 Å². The molecule has 1 aromatic carbocycles. The van der Waals surface area contributed by atoms with Gasteiger partial charge >= 0.3 is 6.18 Å². The predicted octanol–water partition coefficient (Wildman–Crippen LogP) is 3.30. The fraction of sp³-hybridized carbons (Fsp3) is 0.417. The zero-order valence-electron chi connectivity index (χ0n) is 9.55. The Morgan fingerprint density at radius 3 is 2.44 bits per heavy atom. The Hall–Kier alpha value is -1.30. The predicted molar refractivity (Wildman–Crippen MR) is 68.6 cm³/mol. The number of hydrogen-bond acceptors (Lipinski definition) is 2. The molecule has 3 N–H and O–H groups in total.